The van der Waals surface area contributed by atoms with Crippen molar-refractivity contribution in [3.8, 4) is 0 Å². The van der Waals surface area contributed by atoms with E-state index in [9.17, 15) is 9.59 Å². The van der Waals surface area contributed by atoms with E-state index in [1.54, 1.807) is 0 Å². The molecule has 0 saturated heterocycles. The first kappa shape index (κ1) is 23.9. The van der Waals surface area contributed by atoms with Gasteiger partial charge in [0, 0.05) is 20.2 Å². The molecule has 0 aromatic heterocycles. The fourth-order valence-electron chi connectivity index (χ4n) is 0.737. The van der Waals surface area contributed by atoms with E-state index in [1.807, 2.05) is 13.8 Å². The third kappa shape index (κ3) is 36.0. The normalized spacial score (nSPS) is 8.75. The summed E-state index contributed by atoms with van der Waals surface area (Å²) < 4.78 is 9.70. The van der Waals surface area contributed by atoms with Crippen LogP contribution in [0.1, 0.15) is 34.6 Å². The molecule has 0 aromatic carbocycles. The number of rotatable bonds is 9. The number of methoxy groups -OCH3 is 1. The predicted octanol–water partition coefficient (Wildman–Crippen LogP) is 1.20. The second kappa shape index (κ2) is 23.0. The molecule has 0 aliphatic carbocycles. The molecule has 0 bridgehead atoms. The summed E-state index contributed by atoms with van der Waals surface area (Å²) in [5.74, 6) is 0.669. The molecular weight excluding hydrogens is 260 g/mol. The largest absolute Gasteiger partial charge is 0.378 e. The molecule has 2 amide bonds. The minimum absolute atomic E-state index is 0.0622. The molecular formula is C14H32N2O4. The van der Waals surface area contributed by atoms with Crippen LogP contribution in [0, 0.1) is 5.92 Å². The van der Waals surface area contributed by atoms with Crippen LogP contribution in [0.25, 0.3) is 0 Å². The van der Waals surface area contributed by atoms with E-state index < -0.39 is 0 Å². The van der Waals surface area contributed by atoms with Crippen LogP contribution in [0.5, 0.6) is 0 Å². The molecule has 0 saturated carbocycles. The summed E-state index contributed by atoms with van der Waals surface area (Å²) in [5.41, 5.74) is 0. The Morgan fingerprint density at radius 1 is 1.15 bits per heavy atom. The van der Waals surface area contributed by atoms with Gasteiger partial charge in [-0.15, -0.1) is 0 Å². The highest BCUT2D eigenvalue weighted by Gasteiger charge is 1.97. The van der Waals surface area contributed by atoms with Crippen molar-refractivity contribution in [1.82, 2.24) is 10.6 Å². The average Bonchev–Trinajstić information content (AvgIpc) is 2.40. The second-order valence-electron chi connectivity index (χ2n) is 4.20. The number of hydrogen-bond donors (Lipinski definition) is 2. The average molecular weight is 292 g/mol. The molecule has 0 aliphatic heterocycles. The molecule has 0 heterocycles. The van der Waals surface area contributed by atoms with Crippen LogP contribution >= 0.6 is 0 Å². The van der Waals surface area contributed by atoms with Gasteiger partial charge in [0.25, 0.3) is 0 Å². The maximum absolute atomic E-state index is 10.8. The van der Waals surface area contributed by atoms with Gasteiger partial charge in [-0.1, -0.05) is 34.6 Å². The van der Waals surface area contributed by atoms with Crippen LogP contribution < -0.4 is 10.6 Å². The van der Waals surface area contributed by atoms with Gasteiger partial charge in [0.1, 0.15) is 6.61 Å². The molecule has 0 atom stereocenters. The second-order valence-corrected chi connectivity index (χ2v) is 4.20. The minimum atomic E-state index is -0.165. The Morgan fingerprint density at radius 2 is 1.65 bits per heavy atom. The summed E-state index contributed by atoms with van der Waals surface area (Å²) in [6.45, 7) is 12.4. The Balaban J connectivity index is -0.000000410. The first-order chi connectivity index (χ1) is 9.54. The van der Waals surface area contributed by atoms with Crippen molar-refractivity contribution in [3.05, 3.63) is 0 Å². The summed E-state index contributed by atoms with van der Waals surface area (Å²) in [6, 6.07) is 0. The van der Waals surface area contributed by atoms with E-state index in [1.165, 1.54) is 7.11 Å². The number of ether oxygens (including phenoxy) is 2. The zero-order chi connectivity index (χ0) is 16.2. The van der Waals surface area contributed by atoms with Crippen LogP contribution in [-0.4, -0.2) is 52.3 Å². The number of nitrogens with one attached hydrogen (secondary N) is 2. The van der Waals surface area contributed by atoms with E-state index in [2.05, 4.69) is 36.1 Å². The fraction of sp³-hybridized carbons (Fsp3) is 0.857. The summed E-state index contributed by atoms with van der Waals surface area (Å²) in [6.07, 6.45) is 0.615. The van der Waals surface area contributed by atoms with Crippen LogP contribution in [0.2, 0.25) is 0 Å². The van der Waals surface area contributed by atoms with Crippen molar-refractivity contribution >= 4 is 12.3 Å². The maximum atomic E-state index is 10.8. The smallest absolute Gasteiger partial charge is 0.246 e. The molecule has 2 N–H and O–H groups in total. The topological polar surface area (TPSA) is 76.7 Å². The van der Waals surface area contributed by atoms with Gasteiger partial charge in [0.05, 0.1) is 13.2 Å². The van der Waals surface area contributed by atoms with E-state index in [0.29, 0.717) is 32.7 Å². The molecule has 0 aromatic rings. The molecule has 6 heteroatoms. The number of carbonyl (C=O) groups excluding carboxylic acids is 2. The molecule has 0 rings (SSSR count). The zero-order valence-electron chi connectivity index (χ0n) is 13.8. The zero-order valence-corrected chi connectivity index (χ0v) is 13.8. The summed E-state index contributed by atoms with van der Waals surface area (Å²) in [4.78, 5) is 20.6. The summed E-state index contributed by atoms with van der Waals surface area (Å²) in [5, 5.41) is 5.05. The first-order valence-corrected chi connectivity index (χ1v) is 7.05. The van der Waals surface area contributed by atoms with Gasteiger partial charge in [0.15, 0.2) is 0 Å². The van der Waals surface area contributed by atoms with Crippen molar-refractivity contribution in [2.75, 3.05) is 40.0 Å². The van der Waals surface area contributed by atoms with Gasteiger partial charge < -0.3 is 20.1 Å². The lowest BCUT2D eigenvalue weighted by molar-refractivity contribution is -0.124. The van der Waals surface area contributed by atoms with E-state index in [-0.39, 0.29) is 12.5 Å². The van der Waals surface area contributed by atoms with Crippen molar-refractivity contribution < 1.29 is 19.1 Å². The first-order valence-electron chi connectivity index (χ1n) is 7.05. The van der Waals surface area contributed by atoms with Crippen LogP contribution in [0.4, 0.5) is 0 Å². The lowest BCUT2D eigenvalue weighted by Crippen LogP contribution is -2.30. The number of carbonyl (C=O) groups is 2. The molecule has 0 aliphatic rings. The van der Waals surface area contributed by atoms with Crippen molar-refractivity contribution in [2.45, 2.75) is 34.6 Å². The SMILES string of the molecule is CC.CC(C)C.COCC(=O)NCCOCCNC=O. The predicted molar refractivity (Wildman–Crippen MR) is 81.6 cm³/mol. The lowest BCUT2D eigenvalue weighted by atomic mass is 10.3. The van der Waals surface area contributed by atoms with Crippen LogP contribution in [0.3, 0.4) is 0 Å². The number of hydrogen-bond acceptors (Lipinski definition) is 4. The van der Waals surface area contributed by atoms with Gasteiger partial charge in [0.2, 0.25) is 12.3 Å². The standard InChI is InChI=1S/C8H16N2O4.C4H10.C2H6/c1-13-6-8(12)10-3-5-14-4-2-9-7-11;1-4(2)3;1-2/h7H,2-6H2,1H3,(H,9,11)(H,10,12);4H,1-3H3;1-2H3. The molecule has 0 unspecified atom stereocenters. The molecule has 0 spiro atoms. The Bertz CT molecular complexity index is 197. The molecule has 122 valence electrons. The summed E-state index contributed by atoms with van der Waals surface area (Å²) >= 11 is 0. The van der Waals surface area contributed by atoms with Crippen molar-refractivity contribution in [3.63, 3.8) is 0 Å². The molecule has 0 fully saturated rings. The van der Waals surface area contributed by atoms with Gasteiger partial charge in [-0.2, -0.15) is 0 Å². The van der Waals surface area contributed by atoms with Crippen molar-refractivity contribution in [1.29, 1.82) is 0 Å². The van der Waals surface area contributed by atoms with E-state index in [4.69, 9.17) is 4.74 Å². The van der Waals surface area contributed by atoms with Crippen LogP contribution in [-0.2, 0) is 19.1 Å². The van der Waals surface area contributed by atoms with Crippen molar-refractivity contribution in [2.24, 2.45) is 5.92 Å². The highest BCUT2D eigenvalue weighted by atomic mass is 16.5. The number of amides is 2. The highest BCUT2D eigenvalue weighted by molar-refractivity contribution is 5.77. The van der Waals surface area contributed by atoms with E-state index >= 15 is 0 Å². The third-order valence-electron chi connectivity index (χ3n) is 1.32. The lowest BCUT2D eigenvalue weighted by Gasteiger charge is -2.05. The van der Waals surface area contributed by atoms with Gasteiger partial charge >= 0.3 is 0 Å². The monoisotopic (exact) mass is 292 g/mol. The summed E-state index contributed by atoms with van der Waals surface area (Å²) in [7, 11) is 1.46. The molecule has 0 radical (unpaired) electrons. The maximum Gasteiger partial charge on any atom is 0.246 e. The third-order valence-corrected chi connectivity index (χ3v) is 1.32. The molecule has 20 heavy (non-hydrogen) atoms. The van der Waals surface area contributed by atoms with Gasteiger partial charge in [-0.3, -0.25) is 9.59 Å². The van der Waals surface area contributed by atoms with Gasteiger partial charge in [-0.25, -0.2) is 0 Å². The minimum Gasteiger partial charge on any atom is -0.378 e. The Labute approximate surface area is 123 Å². The Hall–Kier alpha value is -1.14. The van der Waals surface area contributed by atoms with E-state index in [0.717, 1.165) is 5.92 Å². The van der Waals surface area contributed by atoms with Gasteiger partial charge in [-0.05, 0) is 5.92 Å². The Morgan fingerprint density at radius 3 is 2.10 bits per heavy atom. The highest BCUT2D eigenvalue weighted by Crippen LogP contribution is 1.81. The van der Waals surface area contributed by atoms with Crippen LogP contribution in [0.15, 0.2) is 0 Å². The molecule has 6 nitrogen and oxygen atoms in total. The quantitative estimate of drug-likeness (QED) is 0.494. The fourth-order valence-corrected chi connectivity index (χ4v) is 0.737. The Kier molecular flexibility index (Phi) is 27.5.